The van der Waals surface area contributed by atoms with Crippen molar-refractivity contribution in [2.75, 3.05) is 0 Å². The zero-order valence-electron chi connectivity index (χ0n) is 32.0. The highest BCUT2D eigenvalue weighted by Crippen LogP contribution is 2.53. The van der Waals surface area contributed by atoms with Crippen LogP contribution in [0.15, 0.2) is 194 Å². The molecule has 0 aliphatic heterocycles. The van der Waals surface area contributed by atoms with Crippen molar-refractivity contribution in [3.05, 3.63) is 222 Å². The lowest BCUT2D eigenvalue weighted by Gasteiger charge is -2.21. The second-order valence-corrected chi connectivity index (χ2v) is 16.5. The fraction of sp³-hybridized carbons (Fsp3) is 0.0714. The molecule has 10 aromatic rings. The Balaban J connectivity index is 1.05. The standard InChI is InChI=1S/C56H39N/c1-56(2)51-22-11-10-19-43(51)48-34-54-50(33-52(48)56)49-32-39(26-30-53(49)57(54)40-27-23-36(24-28-40)35-13-4-3-5-14-35)38-25-29-46-47(31-38)42-18-8-9-20-45(42)55(46)44-21-12-16-37-15-6-7-17-41(37)44/h3-34,55H,1-2H3. The van der Waals surface area contributed by atoms with E-state index in [9.17, 15) is 0 Å². The quantitative estimate of drug-likeness (QED) is 0.170. The van der Waals surface area contributed by atoms with E-state index >= 15 is 0 Å². The van der Waals surface area contributed by atoms with E-state index in [1.165, 1.54) is 111 Å². The van der Waals surface area contributed by atoms with Gasteiger partial charge in [0.05, 0.1) is 11.0 Å². The summed E-state index contributed by atoms with van der Waals surface area (Å²) in [5, 5.41) is 5.18. The van der Waals surface area contributed by atoms with Gasteiger partial charge in [-0.05, 0) is 126 Å². The van der Waals surface area contributed by atoms with Gasteiger partial charge in [-0.15, -0.1) is 0 Å². The van der Waals surface area contributed by atoms with Gasteiger partial charge in [-0.1, -0.05) is 166 Å². The summed E-state index contributed by atoms with van der Waals surface area (Å²) in [7, 11) is 0. The fourth-order valence-corrected chi connectivity index (χ4v) is 10.3. The van der Waals surface area contributed by atoms with Gasteiger partial charge < -0.3 is 4.57 Å². The fourth-order valence-electron chi connectivity index (χ4n) is 10.3. The molecule has 1 heterocycles. The van der Waals surface area contributed by atoms with E-state index < -0.39 is 0 Å². The van der Waals surface area contributed by atoms with Crippen molar-refractivity contribution in [3.8, 4) is 50.2 Å². The SMILES string of the molecule is CC1(C)c2ccccc2-c2cc3c(cc21)c1cc(-c2ccc4c(c2)-c2ccccc2C4c2cccc4ccccc24)ccc1n3-c1ccc(-c2ccccc2)cc1. The highest BCUT2D eigenvalue weighted by Gasteiger charge is 2.36. The number of benzene rings is 9. The Bertz CT molecular complexity index is 3250. The molecule has 1 nitrogen and oxygen atoms in total. The highest BCUT2D eigenvalue weighted by atomic mass is 15.0. The molecule has 0 radical (unpaired) electrons. The molecule has 2 aliphatic carbocycles. The van der Waals surface area contributed by atoms with Gasteiger partial charge in [0.15, 0.2) is 0 Å². The molecule has 0 saturated heterocycles. The molecule has 2 aliphatic rings. The Morgan fingerprint density at radius 2 is 1.00 bits per heavy atom. The molecule has 1 aromatic heterocycles. The summed E-state index contributed by atoms with van der Waals surface area (Å²) in [6.45, 7) is 4.76. The predicted octanol–water partition coefficient (Wildman–Crippen LogP) is 14.7. The summed E-state index contributed by atoms with van der Waals surface area (Å²) in [5.41, 5.74) is 20.8. The molecule has 0 bridgehead atoms. The first kappa shape index (κ1) is 32.3. The maximum absolute atomic E-state index is 2.50. The largest absolute Gasteiger partial charge is 0.309 e. The predicted molar refractivity (Wildman–Crippen MR) is 240 cm³/mol. The van der Waals surface area contributed by atoms with E-state index in [4.69, 9.17) is 0 Å². The third-order valence-electron chi connectivity index (χ3n) is 13.1. The average molecular weight is 726 g/mol. The normalized spacial score (nSPS) is 14.8. The molecular weight excluding hydrogens is 687 g/mol. The van der Waals surface area contributed by atoms with Crippen LogP contribution in [0.3, 0.4) is 0 Å². The first-order chi connectivity index (χ1) is 28.0. The van der Waals surface area contributed by atoms with Gasteiger partial charge >= 0.3 is 0 Å². The molecule has 0 fully saturated rings. The second kappa shape index (κ2) is 12.0. The lowest BCUT2D eigenvalue weighted by Crippen LogP contribution is -2.14. The van der Waals surface area contributed by atoms with E-state index in [1.807, 2.05) is 0 Å². The van der Waals surface area contributed by atoms with Crippen LogP contribution in [0.25, 0.3) is 82.8 Å². The Labute approximate surface area is 333 Å². The summed E-state index contributed by atoms with van der Waals surface area (Å²) in [6.07, 6.45) is 0. The third-order valence-corrected chi connectivity index (χ3v) is 13.1. The minimum atomic E-state index is -0.0858. The van der Waals surface area contributed by atoms with E-state index in [2.05, 4.69) is 213 Å². The van der Waals surface area contributed by atoms with Crippen molar-refractivity contribution in [2.24, 2.45) is 0 Å². The number of rotatable bonds is 4. The second-order valence-electron chi connectivity index (χ2n) is 16.5. The van der Waals surface area contributed by atoms with Crippen LogP contribution in [0.1, 0.15) is 47.6 Å². The van der Waals surface area contributed by atoms with E-state index in [1.54, 1.807) is 0 Å². The lowest BCUT2D eigenvalue weighted by atomic mass is 9.82. The first-order valence-electron chi connectivity index (χ1n) is 20.1. The van der Waals surface area contributed by atoms with Crippen LogP contribution in [0.4, 0.5) is 0 Å². The Kier molecular flexibility index (Phi) is 6.81. The number of aromatic nitrogens is 1. The van der Waals surface area contributed by atoms with Crippen molar-refractivity contribution in [3.63, 3.8) is 0 Å². The molecule has 9 aromatic carbocycles. The zero-order chi connectivity index (χ0) is 37.8. The topological polar surface area (TPSA) is 4.93 Å². The van der Waals surface area contributed by atoms with Gasteiger partial charge in [0.25, 0.3) is 0 Å². The van der Waals surface area contributed by atoms with Crippen LogP contribution in [0.2, 0.25) is 0 Å². The van der Waals surface area contributed by atoms with Crippen LogP contribution in [-0.2, 0) is 5.41 Å². The monoisotopic (exact) mass is 725 g/mol. The Morgan fingerprint density at radius 1 is 0.368 bits per heavy atom. The Morgan fingerprint density at radius 3 is 1.88 bits per heavy atom. The van der Waals surface area contributed by atoms with Crippen LogP contribution in [-0.4, -0.2) is 4.57 Å². The number of hydrogen-bond acceptors (Lipinski definition) is 0. The van der Waals surface area contributed by atoms with Gasteiger partial charge in [-0.3, -0.25) is 0 Å². The van der Waals surface area contributed by atoms with Gasteiger partial charge in [-0.2, -0.15) is 0 Å². The third kappa shape index (κ3) is 4.69. The van der Waals surface area contributed by atoms with Crippen molar-refractivity contribution in [2.45, 2.75) is 25.2 Å². The molecule has 1 atom stereocenters. The van der Waals surface area contributed by atoms with Crippen molar-refractivity contribution in [1.29, 1.82) is 0 Å². The summed E-state index contributed by atoms with van der Waals surface area (Å²) < 4.78 is 2.48. The number of hydrogen-bond donors (Lipinski definition) is 0. The van der Waals surface area contributed by atoms with Crippen LogP contribution in [0, 0.1) is 0 Å². The molecule has 0 amide bonds. The minimum absolute atomic E-state index is 0.0858. The van der Waals surface area contributed by atoms with Crippen LogP contribution < -0.4 is 0 Å². The zero-order valence-corrected chi connectivity index (χ0v) is 32.0. The number of fused-ring (bicyclic) bond motifs is 10. The summed E-state index contributed by atoms with van der Waals surface area (Å²) >= 11 is 0. The van der Waals surface area contributed by atoms with Crippen molar-refractivity contribution < 1.29 is 0 Å². The lowest BCUT2D eigenvalue weighted by molar-refractivity contribution is 0.661. The molecule has 1 unspecified atom stereocenters. The van der Waals surface area contributed by atoms with Gasteiger partial charge in [0.1, 0.15) is 0 Å². The van der Waals surface area contributed by atoms with E-state index in [0.29, 0.717) is 0 Å². The summed E-state index contributed by atoms with van der Waals surface area (Å²) in [5.74, 6) is 0.194. The molecular formula is C56H39N. The molecule has 0 spiro atoms. The van der Waals surface area contributed by atoms with Crippen molar-refractivity contribution in [1.82, 2.24) is 4.57 Å². The molecule has 268 valence electrons. The molecule has 0 saturated carbocycles. The summed E-state index contributed by atoms with van der Waals surface area (Å²) in [6, 6.07) is 72.6. The van der Waals surface area contributed by atoms with Crippen molar-refractivity contribution >= 4 is 32.6 Å². The van der Waals surface area contributed by atoms with Crippen LogP contribution in [0.5, 0.6) is 0 Å². The minimum Gasteiger partial charge on any atom is -0.309 e. The maximum Gasteiger partial charge on any atom is 0.0547 e. The maximum atomic E-state index is 2.50. The number of nitrogens with zero attached hydrogens (tertiary/aromatic N) is 1. The Hall–Kier alpha value is -6.96. The average Bonchev–Trinajstić information content (AvgIpc) is 3.85. The van der Waals surface area contributed by atoms with E-state index in [-0.39, 0.29) is 11.3 Å². The molecule has 12 rings (SSSR count). The van der Waals surface area contributed by atoms with Gasteiger partial charge in [0, 0.05) is 27.8 Å². The van der Waals surface area contributed by atoms with E-state index in [0.717, 1.165) is 0 Å². The van der Waals surface area contributed by atoms with Gasteiger partial charge in [0.2, 0.25) is 0 Å². The van der Waals surface area contributed by atoms with Crippen LogP contribution >= 0.6 is 0 Å². The molecule has 1 heteroatoms. The molecule has 57 heavy (non-hydrogen) atoms. The molecule has 0 N–H and O–H groups in total. The highest BCUT2D eigenvalue weighted by molar-refractivity contribution is 6.12. The smallest absolute Gasteiger partial charge is 0.0547 e. The van der Waals surface area contributed by atoms with Gasteiger partial charge in [-0.25, -0.2) is 0 Å². The first-order valence-corrected chi connectivity index (χ1v) is 20.1. The summed E-state index contributed by atoms with van der Waals surface area (Å²) in [4.78, 5) is 0.